The lowest BCUT2D eigenvalue weighted by Gasteiger charge is -2.26. The number of carbonyl (C=O) groups is 1. The fraction of sp³-hybridized carbons (Fsp3) is 0.304. The number of ether oxygens (including phenoxy) is 2. The first-order chi connectivity index (χ1) is 16.7. The summed E-state index contributed by atoms with van der Waals surface area (Å²) in [6.45, 7) is 6.06. The van der Waals surface area contributed by atoms with E-state index >= 15 is 8.78 Å². The number of sulfonamides is 1. The predicted octanol–water partition coefficient (Wildman–Crippen LogP) is 5.87. The number of methoxy groups -OCH3 is 1. The Morgan fingerprint density at radius 3 is 2.28 bits per heavy atom. The number of aromatic nitrogens is 1. The summed E-state index contributed by atoms with van der Waals surface area (Å²) in [7, 11) is -3.71. The van der Waals surface area contributed by atoms with Crippen LogP contribution in [0.3, 0.4) is 0 Å². The van der Waals surface area contributed by atoms with Crippen LogP contribution in [-0.4, -0.2) is 32.2 Å². The average molecular weight is 544 g/mol. The number of rotatable bonds is 7. The van der Waals surface area contributed by atoms with Crippen molar-refractivity contribution in [1.29, 1.82) is 0 Å². The van der Waals surface area contributed by atoms with E-state index in [0.717, 1.165) is 23.5 Å². The number of benzene rings is 2. The van der Waals surface area contributed by atoms with E-state index in [2.05, 4.69) is 10.3 Å². The lowest BCUT2D eigenvalue weighted by molar-refractivity contribution is 0.0608. The highest BCUT2D eigenvalue weighted by atomic mass is 32.2. The van der Waals surface area contributed by atoms with Crippen LogP contribution >= 0.6 is 11.3 Å². The Morgan fingerprint density at radius 1 is 1.11 bits per heavy atom. The van der Waals surface area contributed by atoms with E-state index in [0.29, 0.717) is 5.75 Å². The van der Waals surface area contributed by atoms with Gasteiger partial charge in [0, 0.05) is 16.6 Å². The minimum atomic E-state index is -5.12. The van der Waals surface area contributed by atoms with Crippen molar-refractivity contribution in [2.75, 3.05) is 16.7 Å². The number of anilines is 2. The van der Waals surface area contributed by atoms with Crippen molar-refractivity contribution >= 4 is 39.0 Å². The molecule has 1 heterocycles. The molecule has 0 aliphatic rings. The summed E-state index contributed by atoms with van der Waals surface area (Å²) in [5.41, 5.74) is 0.154. The van der Waals surface area contributed by atoms with E-state index in [9.17, 15) is 17.6 Å². The Morgan fingerprint density at radius 2 is 1.75 bits per heavy atom. The van der Waals surface area contributed by atoms with Crippen LogP contribution in [0.15, 0.2) is 46.1 Å². The van der Waals surface area contributed by atoms with Crippen molar-refractivity contribution in [3.05, 3.63) is 64.2 Å². The first kappa shape index (κ1) is 27.3. The first-order valence-electron chi connectivity index (χ1n) is 10.5. The topological polar surface area (TPSA) is 97.8 Å². The van der Waals surface area contributed by atoms with Gasteiger partial charge in [0.2, 0.25) is 0 Å². The molecule has 2 aromatic carbocycles. The minimum Gasteiger partial charge on any atom is -0.497 e. The summed E-state index contributed by atoms with van der Waals surface area (Å²) in [5.74, 6) is -3.52. The third-order valence-electron chi connectivity index (χ3n) is 4.74. The molecule has 0 saturated carbocycles. The Hall–Kier alpha value is -3.32. The van der Waals surface area contributed by atoms with Gasteiger partial charge in [0.25, 0.3) is 10.0 Å². The molecular weight excluding hydrogens is 519 g/mol. The van der Waals surface area contributed by atoms with Crippen molar-refractivity contribution in [2.45, 2.75) is 44.2 Å². The Labute approximate surface area is 210 Å². The van der Waals surface area contributed by atoms with Gasteiger partial charge in [0.15, 0.2) is 10.7 Å². The molecule has 0 radical (unpaired) electrons. The quantitative estimate of drug-likeness (QED) is 0.398. The summed E-state index contributed by atoms with van der Waals surface area (Å²) in [4.78, 5) is 15.2. The Kier molecular flexibility index (Phi) is 7.84. The molecule has 194 valence electrons. The summed E-state index contributed by atoms with van der Waals surface area (Å²) in [6, 6.07) is 4.73. The van der Waals surface area contributed by atoms with Gasteiger partial charge >= 0.3 is 6.09 Å². The second-order valence-electron chi connectivity index (χ2n) is 8.62. The summed E-state index contributed by atoms with van der Waals surface area (Å²) >= 11 is 0.972. The molecule has 1 amide bonds. The zero-order valence-corrected chi connectivity index (χ0v) is 21.6. The van der Waals surface area contributed by atoms with Crippen molar-refractivity contribution in [1.82, 2.24) is 4.98 Å². The molecule has 3 aromatic rings. The molecule has 0 spiro atoms. The molecule has 0 bridgehead atoms. The molecule has 0 aliphatic heterocycles. The van der Waals surface area contributed by atoms with Crippen LogP contribution in [0.1, 0.15) is 39.3 Å². The smallest absolute Gasteiger partial charge is 0.430 e. The number of amides is 1. The van der Waals surface area contributed by atoms with E-state index in [4.69, 9.17) is 9.47 Å². The number of carbonyl (C=O) groups excluding carboxylic acids is 1. The lowest BCUT2D eigenvalue weighted by atomic mass is 10.1. The highest BCUT2D eigenvalue weighted by Gasteiger charge is 2.39. The van der Waals surface area contributed by atoms with Crippen LogP contribution in [0.5, 0.6) is 5.75 Å². The van der Waals surface area contributed by atoms with E-state index in [-0.39, 0.29) is 21.4 Å². The van der Waals surface area contributed by atoms with Gasteiger partial charge in [-0.3, -0.25) is 0 Å². The fourth-order valence-corrected chi connectivity index (χ4v) is 5.17. The molecule has 8 nitrogen and oxygen atoms in total. The SMILES string of the molecule is COc1ccc(F)c([C@H](C)Nc2cc(F)c(S(=O)(=O)N(C(=O)OC(C)(C)C)c3cscn3)c(F)c2)c1. The average Bonchev–Trinajstić information content (AvgIpc) is 3.25. The summed E-state index contributed by atoms with van der Waals surface area (Å²) in [6.07, 6.45) is -1.38. The van der Waals surface area contributed by atoms with Crippen molar-refractivity contribution in [2.24, 2.45) is 0 Å². The van der Waals surface area contributed by atoms with E-state index in [1.165, 1.54) is 57.0 Å². The first-order valence-corrected chi connectivity index (χ1v) is 12.9. The van der Waals surface area contributed by atoms with Gasteiger partial charge in [-0.2, -0.15) is 0 Å². The fourth-order valence-electron chi connectivity index (χ4n) is 3.21. The third kappa shape index (κ3) is 5.90. The van der Waals surface area contributed by atoms with Gasteiger partial charge in [-0.1, -0.05) is 0 Å². The zero-order chi connectivity index (χ0) is 26.8. The number of hydrogen-bond acceptors (Lipinski definition) is 8. The molecule has 1 N–H and O–H groups in total. The van der Waals surface area contributed by atoms with Gasteiger partial charge < -0.3 is 14.8 Å². The molecule has 0 fully saturated rings. The van der Waals surface area contributed by atoms with Crippen LogP contribution in [0.2, 0.25) is 0 Å². The standard InChI is InChI=1S/C23H24F3N3O5S2/c1-13(16-10-15(33-5)6-7-17(16)24)28-14-8-18(25)21(19(26)9-14)36(31,32)29(20-11-35-12-27-20)22(30)34-23(2,3)4/h6-13,28H,1-5H3/t13-/m0/s1. The second kappa shape index (κ2) is 10.3. The van der Waals surface area contributed by atoms with Gasteiger partial charge in [0.1, 0.15) is 28.8 Å². The largest absolute Gasteiger partial charge is 0.497 e. The van der Waals surface area contributed by atoms with Crippen molar-refractivity contribution in [3.63, 3.8) is 0 Å². The van der Waals surface area contributed by atoms with Crippen LogP contribution in [-0.2, 0) is 14.8 Å². The highest BCUT2D eigenvalue weighted by molar-refractivity contribution is 7.93. The third-order valence-corrected chi connectivity index (χ3v) is 7.03. The normalized spacial score (nSPS) is 12.7. The van der Waals surface area contributed by atoms with Crippen molar-refractivity contribution < 1.29 is 35.9 Å². The summed E-state index contributed by atoms with van der Waals surface area (Å²) in [5, 5.41) is 3.95. The molecular formula is C23H24F3N3O5S2. The van der Waals surface area contributed by atoms with Gasteiger partial charge in [-0.05, 0) is 58.0 Å². The van der Waals surface area contributed by atoms with Crippen LogP contribution in [0.4, 0.5) is 29.5 Å². The maximum Gasteiger partial charge on any atom is 0.430 e. The number of nitrogens with one attached hydrogen (secondary N) is 1. The number of halogens is 3. The molecule has 0 aliphatic carbocycles. The van der Waals surface area contributed by atoms with Crippen molar-refractivity contribution in [3.8, 4) is 5.75 Å². The molecule has 0 unspecified atom stereocenters. The Bertz CT molecular complexity index is 1340. The molecule has 1 atom stereocenters. The maximum atomic E-state index is 15.1. The number of hydrogen-bond donors (Lipinski definition) is 1. The number of thiazole rings is 1. The van der Waals surface area contributed by atoms with E-state index < -0.39 is 50.1 Å². The monoisotopic (exact) mass is 543 g/mol. The zero-order valence-electron chi connectivity index (χ0n) is 20.0. The van der Waals surface area contributed by atoms with Gasteiger partial charge in [-0.25, -0.2) is 31.4 Å². The van der Waals surface area contributed by atoms with Crippen LogP contribution in [0, 0.1) is 17.5 Å². The lowest BCUT2D eigenvalue weighted by Crippen LogP contribution is -2.41. The molecule has 36 heavy (non-hydrogen) atoms. The predicted molar refractivity (Wildman–Crippen MR) is 129 cm³/mol. The van der Waals surface area contributed by atoms with Gasteiger partial charge in [-0.15, -0.1) is 15.6 Å². The number of nitrogens with zero attached hydrogens (tertiary/aromatic N) is 2. The molecule has 0 saturated heterocycles. The molecule has 1 aromatic heterocycles. The highest BCUT2D eigenvalue weighted by Crippen LogP contribution is 2.32. The second-order valence-corrected chi connectivity index (χ2v) is 11.1. The van der Waals surface area contributed by atoms with E-state index in [1.54, 1.807) is 6.92 Å². The minimum absolute atomic E-state index is 0.109. The summed E-state index contributed by atoms with van der Waals surface area (Å²) < 4.78 is 81.4. The van der Waals surface area contributed by atoms with Crippen LogP contribution in [0.25, 0.3) is 0 Å². The van der Waals surface area contributed by atoms with E-state index in [1.807, 2.05) is 0 Å². The maximum absolute atomic E-state index is 15.1. The molecule has 13 heteroatoms. The Balaban J connectivity index is 1.99. The molecule has 3 rings (SSSR count). The van der Waals surface area contributed by atoms with Gasteiger partial charge in [0.05, 0.1) is 18.7 Å². The van der Waals surface area contributed by atoms with Crippen LogP contribution < -0.4 is 14.4 Å².